The third-order valence-electron chi connectivity index (χ3n) is 3.66. The van der Waals surface area contributed by atoms with Gasteiger partial charge in [0, 0.05) is 28.2 Å². The summed E-state index contributed by atoms with van der Waals surface area (Å²) in [4.78, 5) is 0. The van der Waals surface area contributed by atoms with Gasteiger partial charge in [-0.15, -0.1) is 0 Å². The van der Waals surface area contributed by atoms with E-state index in [0.29, 0.717) is 11.1 Å². The van der Waals surface area contributed by atoms with Crippen LogP contribution in [0.4, 0.5) is 0 Å². The number of hydrogen-bond acceptors (Lipinski definition) is 3. The fourth-order valence-corrected chi connectivity index (χ4v) is 3.13. The van der Waals surface area contributed by atoms with Crippen LogP contribution in [0.2, 0.25) is 5.02 Å². The zero-order chi connectivity index (χ0) is 15.4. The van der Waals surface area contributed by atoms with Crippen LogP contribution in [0.1, 0.15) is 43.6 Å². The molecule has 0 aliphatic heterocycles. The molecule has 0 saturated carbocycles. The van der Waals surface area contributed by atoms with Crippen LogP contribution in [0.15, 0.2) is 34.9 Å². The summed E-state index contributed by atoms with van der Waals surface area (Å²) in [6.07, 6.45) is 3.80. The van der Waals surface area contributed by atoms with Gasteiger partial charge >= 0.3 is 0 Å². The summed E-state index contributed by atoms with van der Waals surface area (Å²) in [6, 6.07) is 8.15. The lowest BCUT2D eigenvalue weighted by molar-refractivity contribution is 0.467. The molecular weight excluding hydrogens is 352 g/mol. The second-order valence-corrected chi connectivity index (χ2v) is 6.42. The zero-order valence-corrected chi connectivity index (χ0v) is 14.5. The lowest BCUT2D eigenvalue weighted by Gasteiger charge is -2.17. The zero-order valence-electron chi connectivity index (χ0n) is 12.2. The molecule has 2 unspecified atom stereocenters. The van der Waals surface area contributed by atoms with Crippen LogP contribution in [0.3, 0.4) is 0 Å². The van der Waals surface area contributed by atoms with Gasteiger partial charge in [-0.3, -0.25) is 16.0 Å². The molecule has 114 valence electrons. The van der Waals surface area contributed by atoms with Crippen LogP contribution in [0, 0.1) is 0 Å². The Labute approximate surface area is 138 Å². The number of hydrogen-bond donors (Lipinski definition) is 2. The third kappa shape index (κ3) is 4.07. The lowest BCUT2D eigenvalue weighted by Crippen LogP contribution is -2.30. The molecule has 0 amide bonds. The first-order valence-corrected chi connectivity index (χ1v) is 8.17. The van der Waals surface area contributed by atoms with Gasteiger partial charge in [-0.2, -0.15) is 5.10 Å². The summed E-state index contributed by atoms with van der Waals surface area (Å²) in [6.45, 7) is 4.31. The van der Waals surface area contributed by atoms with Crippen LogP contribution in [0.5, 0.6) is 0 Å². The number of aromatic nitrogens is 2. The molecule has 0 aliphatic rings. The van der Waals surface area contributed by atoms with Gasteiger partial charge in [0.1, 0.15) is 0 Å². The van der Waals surface area contributed by atoms with Crippen molar-refractivity contribution in [2.24, 2.45) is 5.84 Å². The maximum absolute atomic E-state index is 5.98. The first kappa shape index (κ1) is 16.5. The summed E-state index contributed by atoms with van der Waals surface area (Å²) in [7, 11) is 0. The van der Waals surface area contributed by atoms with E-state index in [-0.39, 0.29) is 6.04 Å². The molecule has 0 bridgehead atoms. The topological polar surface area (TPSA) is 55.9 Å². The fourth-order valence-electron chi connectivity index (χ4n) is 2.17. The number of nitrogens with zero attached hydrogens (tertiary/aromatic N) is 2. The van der Waals surface area contributed by atoms with E-state index in [0.717, 1.165) is 28.6 Å². The standard InChI is InChI=1S/C15H20BrClN4/c1-3-10(2)21-7-6-12(20-21)9-15(19-18)13-5-4-11(17)8-14(13)16/h4-8,10,15,19H,3,9,18H2,1-2H3. The normalized spacial score (nSPS) is 14.1. The lowest BCUT2D eigenvalue weighted by atomic mass is 10.0. The van der Waals surface area contributed by atoms with Crippen molar-refractivity contribution in [2.45, 2.75) is 38.8 Å². The summed E-state index contributed by atoms with van der Waals surface area (Å²) >= 11 is 9.52. The van der Waals surface area contributed by atoms with E-state index in [9.17, 15) is 0 Å². The molecule has 6 heteroatoms. The van der Waals surface area contributed by atoms with Crippen molar-refractivity contribution in [3.05, 3.63) is 51.2 Å². The molecule has 2 rings (SSSR count). The average molecular weight is 372 g/mol. The summed E-state index contributed by atoms with van der Waals surface area (Å²) in [5.74, 6) is 5.71. The van der Waals surface area contributed by atoms with Crippen LogP contribution in [0.25, 0.3) is 0 Å². The molecule has 0 radical (unpaired) electrons. The number of nitrogens with one attached hydrogen (secondary N) is 1. The molecule has 0 saturated heterocycles. The Balaban J connectivity index is 2.17. The van der Waals surface area contributed by atoms with Crippen LogP contribution in [-0.2, 0) is 6.42 Å². The number of hydrazine groups is 1. The van der Waals surface area contributed by atoms with Crippen molar-refractivity contribution in [3.8, 4) is 0 Å². The summed E-state index contributed by atoms with van der Waals surface area (Å²) < 4.78 is 2.94. The molecule has 2 aromatic rings. The van der Waals surface area contributed by atoms with Crippen molar-refractivity contribution in [3.63, 3.8) is 0 Å². The minimum Gasteiger partial charge on any atom is -0.271 e. The molecule has 2 atom stereocenters. The fraction of sp³-hybridized carbons (Fsp3) is 0.400. The van der Waals surface area contributed by atoms with Crippen LogP contribution < -0.4 is 11.3 Å². The first-order chi connectivity index (χ1) is 10.0. The highest BCUT2D eigenvalue weighted by atomic mass is 79.9. The molecule has 0 aliphatic carbocycles. The predicted octanol–water partition coefficient (Wildman–Crippen LogP) is 4.02. The van der Waals surface area contributed by atoms with Gasteiger partial charge in [0.2, 0.25) is 0 Å². The molecule has 1 aromatic carbocycles. The van der Waals surface area contributed by atoms with Gasteiger partial charge in [-0.05, 0) is 37.1 Å². The number of rotatable bonds is 6. The number of halogens is 2. The monoisotopic (exact) mass is 370 g/mol. The highest BCUT2D eigenvalue weighted by Crippen LogP contribution is 2.28. The van der Waals surface area contributed by atoms with Crippen molar-refractivity contribution in [1.29, 1.82) is 0 Å². The summed E-state index contributed by atoms with van der Waals surface area (Å²) in [5, 5.41) is 5.32. The van der Waals surface area contributed by atoms with Crippen molar-refractivity contribution in [1.82, 2.24) is 15.2 Å². The van der Waals surface area contributed by atoms with E-state index >= 15 is 0 Å². The second kappa shape index (κ2) is 7.40. The SMILES string of the molecule is CCC(C)n1ccc(CC(NN)c2ccc(Cl)cc2Br)n1. The predicted molar refractivity (Wildman–Crippen MR) is 90.1 cm³/mol. The Morgan fingerprint density at radius 1 is 1.43 bits per heavy atom. The van der Waals surface area contributed by atoms with E-state index in [1.165, 1.54) is 0 Å². The Kier molecular flexibility index (Phi) is 5.81. The maximum atomic E-state index is 5.98. The van der Waals surface area contributed by atoms with E-state index in [4.69, 9.17) is 17.4 Å². The van der Waals surface area contributed by atoms with Gasteiger partial charge in [0.25, 0.3) is 0 Å². The van der Waals surface area contributed by atoms with Gasteiger partial charge in [0.15, 0.2) is 0 Å². The second-order valence-electron chi connectivity index (χ2n) is 5.13. The molecule has 1 heterocycles. The van der Waals surface area contributed by atoms with Gasteiger partial charge in [-0.1, -0.05) is 40.5 Å². The molecule has 1 aromatic heterocycles. The highest BCUT2D eigenvalue weighted by molar-refractivity contribution is 9.10. The maximum Gasteiger partial charge on any atom is 0.0644 e. The molecule has 4 nitrogen and oxygen atoms in total. The van der Waals surface area contributed by atoms with E-state index in [1.54, 1.807) is 0 Å². The Morgan fingerprint density at radius 2 is 2.19 bits per heavy atom. The van der Waals surface area contributed by atoms with Crippen LogP contribution in [-0.4, -0.2) is 9.78 Å². The largest absolute Gasteiger partial charge is 0.271 e. The minimum atomic E-state index is -0.0167. The van der Waals surface area contributed by atoms with Crippen molar-refractivity contribution >= 4 is 27.5 Å². The number of benzene rings is 1. The van der Waals surface area contributed by atoms with Gasteiger partial charge in [0.05, 0.1) is 11.7 Å². The quantitative estimate of drug-likeness (QED) is 0.595. The molecule has 3 N–H and O–H groups in total. The molecule has 0 fully saturated rings. The van der Waals surface area contributed by atoms with E-state index in [1.807, 2.05) is 35.1 Å². The van der Waals surface area contributed by atoms with Gasteiger partial charge < -0.3 is 0 Å². The van der Waals surface area contributed by atoms with Gasteiger partial charge in [-0.25, -0.2) is 0 Å². The molecule has 0 spiro atoms. The molecular formula is C15H20BrClN4. The smallest absolute Gasteiger partial charge is 0.0644 e. The van der Waals surface area contributed by atoms with Crippen molar-refractivity contribution in [2.75, 3.05) is 0 Å². The van der Waals surface area contributed by atoms with Crippen LogP contribution >= 0.6 is 27.5 Å². The Morgan fingerprint density at radius 3 is 2.81 bits per heavy atom. The van der Waals surface area contributed by atoms with E-state index < -0.39 is 0 Å². The Bertz CT molecular complexity index is 599. The molecule has 21 heavy (non-hydrogen) atoms. The highest BCUT2D eigenvalue weighted by Gasteiger charge is 2.16. The number of nitrogens with two attached hydrogens (primary N) is 1. The van der Waals surface area contributed by atoms with E-state index in [2.05, 4.69) is 40.3 Å². The summed E-state index contributed by atoms with van der Waals surface area (Å²) in [5.41, 5.74) is 4.94. The average Bonchev–Trinajstić information content (AvgIpc) is 2.93. The first-order valence-electron chi connectivity index (χ1n) is 7.00. The van der Waals surface area contributed by atoms with Crippen molar-refractivity contribution < 1.29 is 0 Å². The Hall–Kier alpha value is -0.880. The third-order valence-corrected chi connectivity index (χ3v) is 4.58. The minimum absolute atomic E-state index is 0.0167.